The zero-order valence-corrected chi connectivity index (χ0v) is 16.8. The summed E-state index contributed by atoms with van der Waals surface area (Å²) in [7, 11) is 3.23. The highest BCUT2D eigenvalue weighted by atomic mass is 32.1. The molecule has 0 aliphatic rings. The molecule has 6 nitrogen and oxygen atoms in total. The standard InChI is InChI=1S/C21H19N3O3S/c1-12-7-13(2)20-15(23-21-24-22-11-28-21)10-17(27-19(20)8-12)14-5-6-16(25-3)18(9-14)26-4/h5-11H,1-4H3. The van der Waals surface area contributed by atoms with E-state index in [0.717, 1.165) is 33.0 Å². The third-order valence-corrected chi connectivity index (χ3v) is 5.00. The molecule has 28 heavy (non-hydrogen) atoms. The van der Waals surface area contributed by atoms with E-state index in [1.54, 1.807) is 19.7 Å². The smallest absolute Gasteiger partial charge is 0.231 e. The van der Waals surface area contributed by atoms with Crippen molar-refractivity contribution in [3.8, 4) is 22.8 Å². The second-order valence-corrected chi connectivity index (χ2v) is 7.17. The van der Waals surface area contributed by atoms with Gasteiger partial charge in [0.1, 0.15) is 16.9 Å². The van der Waals surface area contributed by atoms with Gasteiger partial charge in [-0.3, -0.25) is 0 Å². The van der Waals surface area contributed by atoms with Gasteiger partial charge in [-0.2, -0.15) is 0 Å². The van der Waals surface area contributed by atoms with E-state index in [-0.39, 0.29) is 0 Å². The van der Waals surface area contributed by atoms with Crippen molar-refractivity contribution in [3.05, 3.63) is 58.4 Å². The molecule has 2 heterocycles. The van der Waals surface area contributed by atoms with Gasteiger partial charge in [-0.05, 0) is 49.2 Å². The molecule has 0 spiro atoms. The van der Waals surface area contributed by atoms with Crippen LogP contribution in [0.5, 0.6) is 11.5 Å². The van der Waals surface area contributed by atoms with Gasteiger partial charge in [0.25, 0.3) is 0 Å². The normalized spacial score (nSPS) is 11.8. The van der Waals surface area contributed by atoms with E-state index >= 15 is 0 Å². The van der Waals surface area contributed by atoms with Crippen LogP contribution in [0.15, 0.2) is 51.3 Å². The lowest BCUT2D eigenvalue weighted by molar-refractivity contribution is 0.355. The lowest BCUT2D eigenvalue weighted by Gasteiger charge is -2.11. The maximum absolute atomic E-state index is 6.25. The predicted octanol–water partition coefficient (Wildman–Crippen LogP) is 4.82. The van der Waals surface area contributed by atoms with Crippen molar-refractivity contribution in [1.82, 2.24) is 10.2 Å². The fraction of sp³-hybridized carbons (Fsp3) is 0.190. The van der Waals surface area contributed by atoms with Crippen LogP contribution in [0.4, 0.5) is 5.13 Å². The van der Waals surface area contributed by atoms with Crippen molar-refractivity contribution in [2.45, 2.75) is 13.8 Å². The maximum atomic E-state index is 6.25. The van der Waals surface area contributed by atoms with Crippen LogP contribution in [0.3, 0.4) is 0 Å². The van der Waals surface area contributed by atoms with Crippen molar-refractivity contribution in [2.24, 2.45) is 4.99 Å². The van der Waals surface area contributed by atoms with Gasteiger partial charge < -0.3 is 13.9 Å². The Morgan fingerprint density at radius 1 is 1.00 bits per heavy atom. The molecule has 7 heteroatoms. The highest BCUT2D eigenvalue weighted by Crippen LogP contribution is 2.33. The number of nitrogens with zero attached hydrogens (tertiary/aromatic N) is 3. The summed E-state index contributed by atoms with van der Waals surface area (Å²) in [6.07, 6.45) is 0. The van der Waals surface area contributed by atoms with Crippen molar-refractivity contribution in [2.75, 3.05) is 14.2 Å². The van der Waals surface area contributed by atoms with Gasteiger partial charge in [0.05, 0.1) is 19.6 Å². The molecule has 0 fully saturated rings. The summed E-state index contributed by atoms with van der Waals surface area (Å²) in [5.74, 6) is 1.98. The van der Waals surface area contributed by atoms with Crippen molar-refractivity contribution >= 4 is 27.4 Å². The molecule has 0 unspecified atom stereocenters. The Morgan fingerprint density at radius 2 is 1.82 bits per heavy atom. The van der Waals surface area contributed by atoms with Crippen LogP contribution in [-0.2, 0) is 0 Å². The molecule has 0 radical (unpaired) electrons. The molecule has 4 rings (SSSR count). The second kappa shape index (κ2) is 7.44. The molecule has 0 bridgehead atoms. The van der Waals surface area contributed by atoms with Crippen molar-refractivity contribution < 1.29 is 13.9 Å². The fourth-order valence-electron chi connectivity index (χ4n) is 3.22. The molecule has 0 N–H and O–H groups in total. The Balaban J connectivity index is 2.01. The molecule has 0 amide bonds. The predicted molar refractivity (Wildman–Crippen MR) is 109 cm³/mol. The zero-order valence-electron chi connectivity index (χ0n) is 16.0. The molecule has 0 aliphatic carbocycles. The zero-order chi connectivity index (χ0) is 19.7. The topological polar surface area (TPSA) is 69.7 Å². The third kappa shape index (κ3) is 3.36. The van der Waals surface area contributed by atoms with Crippen LogP contribution < -0.4 is 14.8 Å². The fourth-order valence-corrected chi connectivity index (χ4v) is 3.65. The van der Waals surface area contributed by atoms with Crippen molar-refractivity contribution in [1.29, 1.82) is 0 Å². The van der Waals surface area contributed by atoms with E-state index in [2.05, 4.69) is 23.2 Å². The minimum absolute atomic E-state index is 0.603. The number of hydrogen-bond acceptors (Lipinski definition) is 7. The minimum atomic E-state index is 0.603. The Morgan fingerprint density at radius 3 is 2.54 bits per heavy atom. The number of aryl methyl sites for hydroxylation is 2. The molecule has 2 aromatic carbocycles. The third-order valence-electron chi connectivity index (χ3n) is 4.42. The number of hydrogen-bond donors (Lipinski definition) is 0. The van der Waals surface area contributed by atoms with E-state index in [1.165, 1.54) is 11.3 Å². The Labute approximate surface area is 166 Å². The number of rotatable bonds is 4. The first-order chi connectivity index (χ1) is 13.6. The molecular weight excluding hydrogens is 374 g/mol. The lowest BCUT2D eigenvalue weighted by atomic mass is 10.0. The second-order valence-electron chi connectivity index (χ2n) is 6.35. The molecular formula is C21H19N3O3S. The summed E-state index contributed by atoms with van der Waals surface area (Å²) in [5, 5.41) is 10.3. The average molecular weight is 393 g/mol. The first-order valence-electron chi connectivity index (χ1n) is 8.67. The number of ether oxygens (including phenoxy) is 2. The van der Waals surface area contributed by atoms with Crippen LogP contribution in [0.25, 0.3) is 22.3 Å². The summed E-state index contributed by atoms with van der Waals surface area (Å²) < 4.78 is 17.0. The first-order valence-corrected chi connectivity index (χ1v) is 9.55. The number of methoxy groups -OCH3 is 2. The largest absolute Gasteiger partial charge is 0.493 e. The molecule has 0 saturated carbocycles. The van der Waals surface area contributed by atoms with Gasteiger partial charge in [-0.15, -0.1) is 10.2 Å². The molecule has 142 valence electrons. The van der Waals surface area contributed by atoms with Crippen LogP contribution >= 0.6 is 11.3 Å². The Bertz CT molecular complexity index is 1210. The molecule has 0 aliphatic heterocycles. The van der Waals surface area contributed by atoms with Gasteiger partial charge in [0, 0.05) is 17.0 Å². The summed E-state index contributed by atoms with van der Waals surface area (Å²) in [6.45, 7) is 4.10. The van der Waals surface area contributed by atoms with Gasteiger partial charge >= 0.3 is 0 Å². The van der Waals surface area contributed by atoms with Crippen LogP contribution in [0.2, 0.25) is 0 Å². The number of fused-ring (bicyclic) bond motifs is 1. The Hall–Kier alpha value is -3.19. The SMILES string of the molecule is COc1ccc(-c2cc(=Nc3nncs3)c3c(C)cc(C)cc3o2)cc1OC. The van der Waals surface area contributed by atoms with E-state index in [0.29, 0.717) is 22.4 Å². The maximum Gasteiger partial charge on any atom is 0.231 e. The average Bonchev–Trinajstić information content (AvgIpc) is 3.19. The van der Waals surface area contributed by atoms with E-state index in [4.69, 9.17) is 18.9 Å². The minimum Gasteiger partial charge on any atom is -0.493 e. The molecule has 0 atom stereocenters. The molecule has 4 aromatic rings. The molecule has 0 saturated heterocycles. The van der Waals surface area contributed by atoms with E-state index in [1.807, 2.05) is 37.3 Å². The van der Waals surface area contributed by atoms with E-state index < -0.39 is 0 Å². The van der Waals surface area contributed by atoms with Gasteiger partial charge in [0.2, 0.25) is 5.13 Å². The summed E-state index contributed by atoms with van der Waals surface area (Å²) in [5.41, 5.74) is 5.53. The van der Waals surface area contributed by atoms with Gasteiger partial charge in [-0.25, -0.2) is 4.99 Å². The summed E-state index contributed by atoms with van der Waals surface area (Å²) >= 11 is 1.39. The van der Waals surface area contributed by atoms with Gasteiger partial charge in [-0.1, -0.05) is 17.4 Å². The van der Waals surface area contributed by atoms with Gasteiger partial charge in [0.15, 0.2) is 11.5 Å². The highest BCUT2D eigenvalue weighted by molar-refractivity contribution is 7.13. The first kappa shape index (κ1) is 18.2. The van der Waals surface area contributed by atoms with Crippen molar-refractivity contribution in [3.63, 3.8) is 0 Å². The van der Waals surface area contributed by atoms with Crippen LogP contribution in [0.1, 0.15) is 11.1 Å². The summed E-state index contributed by atoms with van der Waals surface area (Å²) in [4.78, 5) is 4.71. The number of benzene rings is 2. The molecule has 2 aromatic heterocycles. The quantitative estimate of drug-likeness (QED) is 0.497. The lowest BCUT2D eigenvalue weighted by Crippen LogP contribution is -2.05. The van der Waals surface area contributed by atoms with Crippen LogP contribution in [0, 0.1) is 13.8 Å². The monoisotopic (exact) mass is 393 g/mol. The highest BCUT2D eigenvalue weighted by Gasteiger charge is 2.12. The number of aromatic nitrogens is 2. The summed E-state index contributed by atoms with van der Waals surface area (Å²) in [6, 6.07) is 11.7. The Kier molecular flexibility index (Phi) is 4.83. The van der Waals surface area contributed by atoms with E-state index in [9.17, 15) is 0 Å². The van der Waals surface area contributed by atoms with Crippen LogP contribution in [-0.4, -0.2) is 24.4 Å².